The van der Waals surface area contributed by atoms with Gasteiger partial charge in [0.05, 0.1) is 32.6 Å². The normalized spacial score (nSPS) is 16.0. The van der Waals surface area contributed by atoms with Crippen LogP contribution in [0.2, 0.25) is 0 Å². The molecule has 10 nitrogen and oxygen atoms in total. The van der Waals surface area contributed by atoms with Crippen LogP contribution in [-0.2, 0) is 9.47 Å². The quantitative estimate of drug-likeness (QED) is 0.246. The summed E-state index contributed by atoms with van der Waals surface area (Å²) >= 11 is 0. The fourth-order valence-corrected chi connectivity index (χ4v) is 4.24. The Labute approximate surface area is 223 Å². The van der Waals surface area contributed by atoms with E-state index in [1.165, 1.54) is 0 Å². The highest BCUT2D eigenvalue weighted by Gasteiger charge is 2.19. The summed E-state index contributed by atoms with van der Waals surface area (Å²) in [4.78, 5) is 13.9. The zero-order valence-corrected chi connectivity index (χ0v) is 21.7. The van der Waals surface area contributed by atoms with Crippen molar-refractivity contribution in [1.29, 1.82) is 0 Å². The Morgan fingerprint density at radius 2 is 1.61 bits per heavy atom. The predicted octanol–water partition coefficient (Wildman–Crippen LogP) is 3.36. The van der Waals surface area contributed by atoms with Crippen LogP contribution in [0.4, 0.5) is 17.6 Å². The third-order valence-electron chi connectivity index (χ3n) is 6.23. The summed E-state index contributed by atoms with van der Waals surface area (Å²) in [5.74, 6) is 3.73. The number of morpholine rings is 2. The molecular formula is C28H34N6O4. The number of hydrazone groups is 1. The van der Waals surface area contributed by atoms with E-state index in [9.17, 15) is 0 Å². The Kier molecular flexibility index (Phi) is 8.85. The molecular weight excluding hydrogens is 484 g/mol. The first-order valence-electron chi connectivity index (χ1n) is 13.0. The lowest BCUT2D eigenvalue weighted by Gasteiger charge is -2.31. The van der Waals surface area contributed by atoms with E-state index in [-0.39, 0.29) is 0 Å². The second-order valence-electron chi connectivity index (χ2n) is 9.03. The monoisotopic (exact) mass is 518 g/mol. The van der Waals surface area contributed by atoms with Crippen LogP contribution in [0, 0.1) is 6.92 Å². The minimum absolute atomic E-state index is 0.421. The Morgan fingerprint density at radius 1 is 0.868 bits per heavy atom. The van der Waals surface area contributed by atoms with Gasteiger partial charge in [0.2, 0.25) is 5.95 Å². The minimum Gasteiger partial charge on any atom is -0.490 e. The first-order valence-corrected chi connectivity index (χ1v) is 13.0. The molecule has 2 fully saturated rings. The maximum Gasteiger partial charge on any atom is 0.229 e. The standard InChI is InChI=1S/C28H34N6O4/c1-22-5-4-7-24(19-22)37-17-18-38-25-8-3-2-6-23(25)21-29-32-26-20-27(33-9-13-35-14-10-33)31-28(30-26)34-11-15-36-16-12-34/h2-8,19-21H,9-18H2,1H3,(H,30,31,32)/b29-21-. The number of nitrogens with zero attached hydrogens (tertiary/aromatic N) is 5. The van der Waals surface area contributed by atoms with Gasteiger partial charge in [-0.1, -0.05) is 24.3 Å². The molecule has 0 atom stereocenters. The van der Waals surface area contributed by atoms with E-state index >= 15 is 0 Å². The molecule has 0 radical (unpaired) electrons. The van der Waals surface area contributed by atoms with Crippen molar-refractivity contribution >= 4 is 23.8 Å². The molecule has 38 heavy (non-hydrogen) atoms. The largest absolute Gasteiger partial charge is 0.490 e. The molecule has 10 heteroatoms. The lowest BCUT2D eigenvalue weighted by Crippen LogP contribution is -2.39. The van der Waals surface area contributed by atoms with E-state index in [2.05, 4.69) is 20.3 Å². The Bertz CT molecular complexity index is 1180. The molecule has 1 N–H and O–H groups in total. The summed E-state index contributed by atoms with van der Waals surface area (Å²) in [6.45, 7) is 8.71. The highest BCUT2D eigenvalue weighted by molar-refractivity contribution is 5.84. The van der Waals surface area contributed by atoms with Crippen molar-refractivity contribution in [2.24, 2.45) is 5.10 Å². The number of nitrogens with one attached hydrogen (secondary N) is 1. The summed E-state index contributed by atoms with van der Waals surface area (Å²) in [7, 11) is 0. The van der Waals surface area contributed by atoms with Crippen LogP contribution in [0.1, 0.15) is 11.1 Å². The van der Waals surface area contributed by atoms with Gasteiger partial charge < -0.3 is 28.7 Å². The number of para-hydroxylation sites is 1. The second kappa shape index (κ2) is 13.1. The molecule has 2 aromatic carbocycles. The summed E-state index contributed by atoms with van der Waals surface area (Å²) < 4.78 is 22.8. The molecule has 2 aliphatic rings. The van der Waals surface area contributed by atoms with Gasteiger partial charge in [0.15, 0.2) is 5.82 Å². The Balaban J connectivity index is 1.23. The number of hydrogen-bond acceptors (Lipinski definition) is 10. The number of rotatable bonds is 10. The third kappa shape index (κ3) is 7.11. The van der Waals surface area contributed by atoms with Crippen molar-refractivity contribution < 1.29 is 18.9 Å². The van der Waals surface area contributed by atoms with E-state index in [0.29, 0.717) is 51.4 Å². The summed E-state index contributed by atoms with van der Waals surface area (Å²) in [6.07, 6.45) is 1.74. The van der Waals surface area contributed by atoms with Gasteiger partial charge in [-0.25, -0.2) is 0 Å². The molecule has 0 amide bonds. The van der Waals surface area contributed by atoms with E-state index in [1.54, 1.807) is 6.21 Å². The van der Waals surface area contributed by atoms with Gasteiger partial charge >= 0.3 is 0 Å². The molecule has 0 bridgehead atoms. The van der Waals surface area contributed by atoms with Crippen LogP contribution in [0.25, 0.3) is 0 Å². The van der Waals surface area contributed by atoms with Gasteiger partial charge in [-0.05, 0) is 36.8 Å². The van der Waals surface area contributed by atoms with E-state index in [1.807, 2.05) is 61.5 Å². The van der Waals surface area contributed by atoms with Gasteiger partial charge in [-0.3, -0.25) is 5.43 Å². The average Bonchev–Trinajstić information content (AvgIpc) is 2.97. The van der Waals surface area contributed by atoms with Crippen LogP contribution in [0.5, 0.6) is 11.5 Å². The predicted molar refractivity (Wildman–Crippen MR) is 148 cm³/mol. The molecule has 200 valence electrons. The minimum atomic E-state index is 0.421. The molecule has 0 spiro atoms. The average molecular weight is 519 g/mol. The SMILES string of the molecule is Cc1cccc(OCCOc2ccccc2/C=N\Nc2cc(N3CCOCC3)nc(N3CCOCC3)n2)c1. The lowest BCUT2D eigenvalue weighted by molar-refractivity contribution is 0.121. The first kappa shape index (κ1) is 25.7. The highest BCUT2D eigenvalue weighted by atomic mass is 16.5. The maximum absolute atomic E-state index is 5.98. The van der Waals surface area contributed by atoms with Crippen molar-refractivity contribution in [3.8, 4) is 11.5 Å². The van der Waals surface area contributed by atoms with Crippen molar-refractivity contribution in [3.63, 3.8) is 0 Å². The lowest BCUT2D eigenvalue weighted by atomic mass is 10.2. The summed E-state index contributed by atoms with van der Waals surface area (Å²) in [5, 5.41) is 4.47. The zero-order valence-electron chi connectivity index (χ0n) is 21.7. The van der Waals surface area contributed by atoms with Crippen LogP contribution in [0.15, 0.2) is 59.7 Å². The fraction of sp³-hybridized carbons (Fsp3) is 0.393. The summed E-state index contributed by atoms with van der Waals surface area (Å²) in [6, 6.07) is 17.7. The number of ether oxygens (including phenoxy) is 4. The van der Waals surface area contributed by atoms with Gasteiger partial charge in [0.1, 0.15) is 30.5 Å². The molecule has 1 aromatic heterocycles. The summed E-state index contributed by atoms with van der Waals surface area (Å²) in [5.41, 5.74) is 5.11. The van der Waals surface area contributed by atoms with E-state index < -0.39 is 0 Å². The number of aryl methyl sites for hydroxylation is 1. The van der Waals surface area contributed by atoms with Gasteiger partial charge in [0, 0.05) is 37.8 Å². The van der Waals surface area contributed by atoms with Crippen molar-refractivity contribution in [1.82, 2.24) is 9.97 Å². The molecule has 0 unspecified atom stereocenters. The van der Waals surface area contributed by atoms with Gasteiger partial charge in [-0.2, -0.15) is 15.1 Å². The highest BCUT2D eigenvalue weighted by Crippen LogP contribution is 2.23. The molecule has 3 aromatic rings. The molecule has 5 rings (SSSR count). The molecule has 2 saturated heterocycles. The fourth-order valence-electron chi connectivity index (χ4n) is 4.24. The second-order valence-corrected chi connectivity index (χ2v) is 9.03. The first-order chi connectivity index (χ1) is 18.7. The topological polar surface area (TPSA) is 93.6 Å². The van der Waals surface area contributed by atoms with Gasteiger partial charge in [-0.15, -0.1) is 0 Å². The molecule has 0 aliphatic carbocycles. The van der Waals surface area contributed by atoms with Crippen molar-refractivity contribution in [2.75, 3.05) is 81.0 Å². The van der Waals surface area contributed by atoms with Crippen molar-refractivity contribution in [2.45, 2.75) is 6.92 Å². The number of hydrogen-bond donors (Lipinski definition) is 1. The maximum atomic E-state index is 5.98. The molecule has 0 saturated carbocycles. The smallest absolute Gasteiger partial charge is 0.229 e. The van der Waals surface area contributed by atoms with Crippen LogP contribution >= 0.6 is 0 Å². The molecule has 2 aliphatic heterocycles. The van der Waals surface area contributed by atoms with Crippen LogP contribution < -0.4 is 24.7 Å². The number of anilines is 3. The van der Waals surface area contributed by atoms with E-state index in [0.717, 1.165) is 54.6 Å². The van der Waals surface area contributed by atoms with Crippen molar-refractivity contribution in [3.05, 3.63) is 65.7 Å². The Morgan fingerprint density at radius 3 is 2.39 bits per heavy atom. The van der Waals surface area contributed by atoms with Gasteiger partial charge in [0.25, 0.3) is 0 Å². The molecule has 3 heterocycles. The van der Waals surface area contributed by atoms with E-state index in [4.69, 9.17) is 28.9 Å². The Hall–Kier alpha value is -3.89. The third-order valence-corrected chi connectivity index (χ3v) is 6.23. The number of aromatic nitrogens is 2. The van der Waals surface area contributed by atoms with Crippen LogP contribution in [-0.4, -0.2) is 82.0 Å². The zero-order chi connectivity index (χ0) is 26.0. The number of benzene rings is 2. The van der Waals surface area contributed by atoms with Crippen LogP contribution in [0.3, 0.4) is 0 Å².